The maximum Gasteiger partial charge on any atom is 0.327 e. The number of carbonyl (C=O) groups excluding carboxylic acids is 2. The summed E-state index contributed by atoms with van der Waals surface area (Å²) in [4.78, 5) is 33.6. The van der Waals surface area contributed by atoms with E-state index in [1.54, 1.807) is 24.3 Å². The maximum atomic E-state index is 11.9. The number of thioether (sulfide) groups is 1. The van der Waals surface area contributed by atoms with Crippen LogP contribution in [0.4, 0.5) is 0 Å². The lowest BCUT2D eigenvalue weighted by molar-refractivity contribution is -0.140. The fraction of sp³-hybridized carbons (Fsp3) is 0.308. The summed E-state index contributed by atoms with van der Waals surface area (Å²) < 4.78 is 4.98. The van der Waals surface area contributed by atoms with Crippen molar-refractivity contribution in [3.63, 3.8) is 0 Å². The zero-order chi connectivity index (χ0) is 15.1. The van der Waals surface area contributed by atoms with E-state index in [-0.39, 0.29) is 10.9 Å². The van der Waals surface area contributed by atoms with Crippen LogP contribution in [0.3, 0.4) is 0 Å². The van der Waals surface area contributed by atoms with Gasteiger partial charge in [-0.25, -0.2) is 4.79 Å². The lowest BCUT2D eigenvalue weighted by Gasteiger charge is -2.12. The Morgan fingerprint density at radius 3 is 2.35 bits per heavy atom. The third-order valence-electron chi connectivity index (χ3n) is 2.38. The summed E-state index contributed by atoms with van der Waals surface area (Å²) in [7, 11) is 1.52. The molecule has 7 heteroatoms. The van der Waals surface area contributed by atoms with Crippen LogP contribution in [0.1, 0.15) is 17.3 Å². The van der Waals surface area contributed by atoms with Crippen LogP contribution in [0.5, 0.6) is 5.75 Å². The van der Waals surface area contributed by atoms with Crippen molar-refractivity contribution in [1.29, 1.82) is 0 Å². The zero-order valence-electron chi connectivity index (χ0n) is 11.1. The Balaban J connectivity index is 2.60. The van der Waals surface area contributed by atoms with Gasteiger partial charge in [0.1, 0.15) is 11.8 Å². The molecule has 0 radical (unpaired) electrons. The van der Waals surface area contributed by atoms with Crippen LogP contribution in [0.2, 0.25) is 0 Å². The SMILES string of the molecule is COc1ccc(C(=O)SC[C@H](NC(C)=O)C(=O)O)cc1. The predicted octanol–water partition coefficient (Wildman–Crippen LogP) is 1.16. The number of rotatable bonds is 6. The van der Waals surface area contributed by atoms with Crippen molar-refractivity contribution < 1.29 is 24.2 Å². The van der Waals surface area contributed by atoms with Crippen molar-refractivity contribution in [3.05, 3.63) is 29.8 Å². The molecule has 0 saturated carbocycles. The van der Waals surface area contributed by atoms with Crippen molar-refractivity contribution in [2.75, 3.05) is 12.9 Å². The summed E-state index contributed by atoms with van der Waals surface area (Å²) >= 11 is 0.846. The van der Waals surface area contributed by atoms with E-state index in [2.05, 4.69) is 5.32 Å². The quantitative estimate of drug-likeness (QED) is 0.818. The van der Waals surface area contributed by atoms with Crippen molar-refractivity contribution in [2.24, 2.45) is 0 Å². The first-order chi connectivity index (χ1) is 9.43. The molecule has 0 saturated heterocycles. The van der Waals surface area contributed by atoms with Crippen LogP contribution >= 0.6 is 11.8 Å². The van der Waals surface area contributed by atoms with Gasteiger partial charge in [0, 0.05) is 18.2 Å². The molecule has 1 atom stereocenters. The number of benzene rings is 1. The summed E-state index contributed by atoms with van der Waals surface area (Å²) in [5, 5.41) is 10.9. The topological polar surface area (TPSA) is 92.7 Å². The number of hydrogen-bond acceptors (Lipinski definition) is 5. The predicted molar refractivity (Wildman–Crippen MR) is 75.0 cm³/mol. The summed E-state index contributed by atoms with van der Waals surface area (Å²) in [6.45, 7) is 1.23. The van der Waals surface area contributed by atoms with E-state index >= 15 is 0 Å². The molecular weight excluding hydrogens is 282 g/mol. The monoisotopic (exact) mass is 297 g/mol. The third kappa shape index (κ3) is 4.93. The second-order valence-electron chi connectivity index (χ2n) is 3.92. The van der Waals surface area contributed by atoms with Crippen molar-refractivity contribution in [3.8, 4) is 5.75 Å². The Hall–Kier alpha value is -2.02. The van der Waals surface area contributed by atoms with E-state index in [1.807, 2.05) is 0 Å². The molecule has 1 rings (SSSR count). The lowest BCUT2D eigenvalue weighted by Crippen LogP contribution is -2.41. The standard InChI is InChI=1S/C13H15NO5S/c1-8(15)14-11(12(16)17)7-20-13(18)9-3-5-10(19-2)6-4-9/h3-6,11H,7H2,1-2H3,(H,14,15)(H,16,17)/t11-/m0/s1. The smallest absolute Gasteiger partial charge is 0.327 e. The van der Waals surface area contributed by atoms with Gasteiger partial charge in [0.05, 0.1) is 7.11 Å². The van der Waals surface area contributed by atoms with E-state index in [0.29, 0.717) is 11.3 Å². The van der Waals surface area contributed by atoms with Gasteiger partial charge in [0.2, 0.25) is 11.0 Å². The van der Waals surface area contributed by atoms with Gasteiger partial charge < -0.3 is 15.2 Å². The fourth-order valence-electron chi connectivity index (χ4n) is 1.39. The molecule has 0 bridgehead atoms. The van der Waals surface area contributed by atoms with E-state index in [1.165, 1.54) is 14.0 Å². The van der Waals surface area contributed by atoms with Crippen LogP contribution in [0.25, 0.3) is 0 Å². The fourth-order valence-corrected chi connectivity index (χ4v) is 2.24. The number of amides is 1. The van der Waals surface area contributed by atoms with Crippen molar-refractivity contribution >= 4 is 28.8 Å². The average molecular weight is 297 g/mol. The lowest BCUT2D eigenvalue weighted by atomic mass is 10.2. The third-order valence-corrected chi connectivity index (χ3v) is 3.38. The number of hydrogen-bond donors (Lipinski definition) is 2. The Labute approximate surface area is 120 Å². The second kappa shape index (κ2) is 7.54. The molecule has 1 aromatic rings. The number of ether oxygens (including phenoxy) is 1. The number of carboxylic acids is 1. The highest BCUT2D eigenvalue weighted by Gasteiger charge is 2.20. The number of nitrogens with one attached hydrogen (secondary N) is 1. The molecular formula is C13H15NO5S. The number of carbonyl (C=O) groups is 3. The average Bonchev–Trinajstić information content (AvgIpc) is 2.42. The molecule has 1 amide bonds. The molecule has 0 aromatic heterocycles. The summed E-state index contributed by atoms with van der Waals surface area (Å²) in [5.74, 6) is -1.02. The molecule has 0 aliphatic heterocycles. The number of methoxy groups -OCH3 is 1. The van der Waals surface area contributed by atoms with E-state index < -0.39 is 17.9 Å². The minimum absolute atomic E-state index is 0.0280. The summed E-state index contributed by atoms with van der Waals surface area (Å²) in [6.07, 6.45) is 0. The summed E-state index contributed by atoms with van der Waals surface area (Å²) in [5.41, 5.74) is 0.447. The van der Waals surface area contributed by atoms with Crippen molar-refractivity contribution in [1.82, 2.24) is 5.32 Å². The minimum atomic E-state index is -1.17. The number of carboxylic acid groups (broad SMARTS) is 1. The molecule has 20 heavy (non-hydrogen) atoms. The van der Waals surface area contributed by atoms with Gasteiger partial charge in [-0.15, -0.1) is 0 Å². The Kier molecular flexibility index (Phi) is 6.05. The van der Waals surface area contributed by atoms with E-state index in [0.717, 1.165) is 11.8 Å². The molecule has 108 valence electrons. The maximum absolute atomic E-state index is 11.9. The Morgan fingerprint density at radius 2 is 1.90 bits per heavy atom. The highest BCUT2D eigenvalue weighted by Crippen LogP contribution is 2.17. The van der Waals surface area contributed by atoms with Gasteiger partial charge in [-0.2, -0.15) is 0 Å². The Morgan fingerprint density at radius 1 is 1.30 bits per heavy atom. The molecule has 0 spiro atoms. The number of aliphatic carboxylic acids is 1. The molecule has 0 aliphatic rings. The molecule has 0 unspecified atom stereocenters. The largest absolute Gasteiger partial charge is 0.497 e. The molecule has 0 heterocycles. The van der Waals surface area contributed by atoms with Gasteiger partial charge in [-0.1, -0.05) is 11.8 Å². The zero-order valence-corrected chi connectivity index (χ0v) is 11.9. The normalized spacial score (nSPS) is 11.5. The van der Waals surface area contributed by atoms with Crippen molar-refractivity contribution in [2.45, 2.75) is 13.0 Å². The van der Waals surface area contributed by atoms with Crippen LogP contribution in [-0.2, 0) is 9.59 Å². The summed E-state index contributed by atoms with van der Waals surface area (Å²) in [6, 6.07) is 5.41. The molecule has 1 aromatic carbocycles. The van der Waals surface area contributed by atoms with E-state index in [4.69, 9.17) is 9.84 Å². The molecule has 0 aliphatic carbocycles. The first kappa shape index (κ1) is 16.0. The molecule has 2 N–H and O–H groups in total. The van der Waals surface area contributed by atoms with Gasteiger partial charge in [0.25, 0.3) is 0 Å². The van der Waals surface area contributed by atoms with Gasteiger partial charge >= 0.3 is 5.97 Å². The highest BCUT2D eigenvalue weighted by molar-refractivity contribution is 8.14. The van der Waals surface area contributed by atoms with Crippen LogP contribution in [0.15, 0.2) is 24.3 Å². The minimum Gasteiger partial charge on any atom is -0.497 e. The van der Waals surface area contributed by atoms with Crippen LogP contribution in [0, 0.1) is 0 Å². The second-order valence-corrected chi connectivity index (χ2v) is 4.91. The first-order valence-electron chi connectivity index (χ1n) is 5.75. The molecule has 0 fully saturated rings. The molecule has 6 nitrogen and oxygen atoms in total. The van der Waals surface area contributed by atoms with Gasteiger partial charge in [0.15, 0.2) is 0 Å². The van der Waals surface area contributed by atoms with Gasteiger partial charge in [-0.3, -0.25) is 9.59 Å². The highest BCUT2D eigenvalue weighted by atomic mass is 32.2. The first-order valence-corrected chi connectivity index (χ1v) is 6.73. The Bertz CT molecular complexity index is 500. The van der Waals surface area contributed by atoms with Gasteiger partial charge in [-0.05, 0) is 24.3 Å². The van der Waals surface area contributed by atoms with Crippen LogP contribution < -0.4 is 10.1 Å². The van der Waals surface area contributed by atoms with E-state index in [9.17, 15) is 14.4 Å². The van der Waals surface area contributed by atoms with Crippen LogP contribution in [-0.4, -0.2) is 41.0 Å².